The van der Waals surface area contributed by atoms with Crippen molar-refractivity contribution >= 4 is 21.8 Å². The minimum absolute atomic E-state index is 0.103. The van der Waals surface area contributed by atoms with Crippen LogP contribution in [0.15, 0.2) is 22.7 Å². The highest BCUT2D eigenvalue weighted by atomic mass is 79.9. The van der Waals surface area contributed by atoms with Crippen molar-refractivity contribution in [2.24, 2.45) is 5.92 Å². The van der Waals surface area contributed by atoms with Gasteiger partial charge >= 0.3 is 0 Å². The minimum Gasteiger partial charge on any atom is -0.492 e. The molecule has 1 aliphatic carbocycles. The number of nitrogens with zero attached hydrogens (tertiary/aromatic N) is 1. The van der Waals surface area contributed by atoms with Crippen LogP contribution in [0.5, 0.6) is 5.75 Å². The van der Waals surface area contributed by atoms with Crippen molar-refractivity contribution in [3.8, 4) is 5.75 Å². The van der Waals surface area contributed by atoms with Crippen LogP contribution < -0.4 is 4.74 Å². The summed E-state index contributed by atoms with van der Waals surface area (Å²) in [5.74, 6) is 1.53. The van der Waals surface area contributed by atoms with Gasteiger partial charge in [0.05, 0.1) is 11.1 Å². The number of halogens is 1. The van der Waals surface area contributed by atoms with Crippen LogP contribution in [0.1, 0.15) is 62.7 Å². The molecule has 23 heavy (non-hydrogen) atoms. The van der Waals surface area contributed by atoms with E-state index in [-0.39, 0.29) is 5.91 Å². The summed E-state index contributed by atoms with van der Waals surface area (Å²) in [7, 11) is 1.93. The molecular weight excluding hydrogens is 354 g/mol. The van der Waals surface area contributed by atoms with Crippen molar-refractivity contribution in [3.63, 3.8) is 0 Å². The first kappa shape index (κ1) is 18.3. The van der Waals surface area contributed by atoms with E-state index in [1.807, 2.05) is 30.1 Å². The standard InChI is InChI=1S/C19H28BrNO2/c1-14(2)11-12-23-18-10-9-15(13-17(18)20)19(22)21(3)16-7-5-4-6-8-16/h9-10,13-14,16H,4-8,11-12H2,1-3H3. The van der Waals surface area contributed by atoms with Crippen LogP contribution in [-0.2, 0) is 0 Å². The van der Waals surface area contributed by atoms with Gasteiger partial charge in [0.15, 0.2) is 0 Å². The molecule has 0 aliphatic heterocycles. The summed E-state index contributed by atoms with van der Waals surface area (Å²) in [5.41, 5.74) is 0.723. The average Bonchev–Trinajstić information content (AvgIpc) is 2.55. The average molecular weight is 382 g/mol. The molecule has 0 aromatic heterocycles. The third-order valence-corrected chi connectivity index (χ3v) is 5.19. The molecule has 3 nitrogen and oxygen atoms in total. The molecule has 1 saturated carbocycles. The van der Waals surface area contributed by atoms with Gasteiger partial charge in [-0.1, -0.05) is 33.1 Å². The van der Waals surface area contributed by atoms with Crippen LogP contribution in [0.3, 0.4) is 0 Å². The molecule has 0 unspecified atom stereocenters. The maximum absolute atomic E-state index is 12.7. The van der Waals surface area contributed by atoms with E-state index in [9.17, 15) is 4.79 Å². The number of carbonyl (C=O) groups excluding carboxylic acids is 1. The van der Waals surface area contributed by atoms with Gasteiger partial charge in [0, 0.05) is 18.7 Å². The van der Waals surface area contributed by atoms with Gasteiger partial charge in [-0.05, 0) is 59.3 Å². The highest BCUT2D eigenvalue weighted by molar-refractivity contribution is 9.10. The number of hydrogen-bond donors (Lipinski definition) is 0. The molecule has 0 bridgehead atoms. The maximum Gasteiger partial charge on any atom is 0.253 e. The van der Waals surface area contributed by atoms with E-state index in [2.05, 4.69) is 29.8 Å². The molecule has 1 amide bonds. The molecule has 0 heterocycles. The van der Waals surface area contributed by atoms with Gasteiger partial charge in [-0.25, -0.2) is 0 Å². The third-order valence-electron chi connectivity index (χ3n) is 4.57. The molecule has 1 aromatic carbocycles. The Hall–Kier alpha value is -1.03. The first-order valence-electron chi connectivity index (χ1n) is 8.68. The number of benzene rings is 1. The van der Waals surface area contributed by atoms with Crippen LogP contribution in [0.2, 0.25) is 0 Å². The fourth-order valence-electron chi connectivity index (χ4n) is 2.99. The quantitative estimate of drug-likeness (QED) is 0.670. The Morgan fingerprint density at radius 2 is 2.00 bits per heavy atom. The SMILES string of the molecule is CC(C)CCOc1ccc(C(=O)N(C)C2CCCCC2)cc1Br. The highest BCUT2D eigenvalue weighted by Crippen LogP contribution is 2.28. The van der Waals surface area contributed by atoms with Gasteiger partial charge in [0.25, 0.3) is 5.91 Å². The summed E-state index contributed by atoms with van der Waals surface area (Å²) < 4.78 is 6.64. The lowest BCUT2D eigenvalue weighted by Gasteiger charge is -2.31. The third kappa shape index (κ3) is 5.23. The number of carbonyl (C=O) groups is 1. The predicted octanol–water partition coefficient (Wildman–Crippen LogP) is 5.28. The fraction of sp³-hybridized carbons (Fsp3) is 0.632. The molecular formula is C19H28BrNO2. The second-order valence-electron chi connectivity index (χ2n) is 6.88. The summed E-state index contributed by atoms with van der Waals surface area (Å²) in [4.78, 5) is 14.6. The largest absolute Gasteiger partial charge is 0.492 e. The highest BCUT2D eigenvalue weighted by Gasteiger charge is 2.23. The van der Waals surface area contributed by atoms with E-state index in [0.717, 1.165) is 35.0 Å². The molecule has 0 atom stereocenters. The van der Waals surface area contributed by atoms with E-state index >= 15 is 0 Å². The minimum atomic E-state index is 0.103. The van der Waals surface area contributed by atoms with E-state index in [4.69, 9.17) is 4.74 Å². The monoisotopic (exact) mass is 381 g/mol. The molecule has 0 radical (unpaired) electrons. The van der Waals surface area contributed by atoms with Crippen LogP contribution in [-0.4, -0.2) is 30.5 Å². The number of rotatable bonds is 6. The van der Waals surface area contributed by atoms with Crippen molar-refractivity contribution in [1.29, 1.82) is 0 Å². The van der Waals surface area contributed by atoms with Gasteiger partial charge in [-0.2, -0.15) is 0 Å². The van der Waals surface area contributed by atoms with E-state index in [0.29, 0.717) is 18.6 Å². The van der Waals surface area contributed by atoms with Crippen molar-refractivity contribution in [2.45, 2.75) is 58.4 Å². The molecule has 0 saturated heterocycles. The first-order chi connectivity index (χ1) is 11.0. The van der Waals surface area contributed by atoms with Crippen molar-refractivity contribution in [1.82, 2.24) is 4.90 Å². The smallest absolute Gasteiger partial charge is 0.253 e. The van der Waals surface area contributed by atoms with Crippen molar-refractivity contribution in [2.75, 3.05) is 13.7 Å². The van der Waals surface area contributed by atoms with Crippen LogP contribution in [0.25, 0.3) is 0 Å². The van der Waals surface area contributed by atoms with Gasteiger partial charge in [0.1, 0.15) is 5.75 Å². The molecule has 1 fully saturated rings. The summed E-state index contributed by atoms with van der Waals surface area (Å²) in [5, 5.41) is 0. The number of ether oxygens (including phenoxy) is 1. The Morgan fingerprint density at radius 3 is 2.61 bits per heavy atom. The number of hydrogen-bond acceptors (Lipinski definition) is 2. The number of amides is 1. The van der Waals surface area contributed by atoms with Gasteiger partial charge in [-0.15, -0.1) is 0 Å². The molecule has 0 spiro atoms. The normalized spacial score (nSPS) is 15.7. The lowest BCUT2D eigenvalue weighted by atomic mass is 9.94. The summed E-state index contributed by atoms with van der Waals surface area (Å²) in [6.45, 7) is 5.06. The van der Waals surface area contributed by atoms with E-state index in [1.165, 1.54) is 19.3 Å². The Morgan fingerprint density at radius 1 is 1.30 bits per heavy atom. The Labute approximate surface area is 148 Å². The van der Waals surface area contributed by atoms with Crippen LogP contribution >= 0.6 is 15.9 Å². The van der Waals surface area contributed by atoms with Gasteiger partial charge < -0.3 is 9.64 Å². The summed E-state index contributed by atoms with van der Waals surface area (Å²) >= 11 is 3.53. The Bertz CT molecular complexity index is 524. The molecule has 1 aromatic rings. The van der Waals surface area contributed by atoms with Crippen LogP contribution in [0.4, 0.5) is 0 Å². The van der Waals surface area contributed by atoms with E-state index < -0.39 is 0 Å². The van der Waals surface area contributed by atoms with Gasteiger partial charge in [-0.3, -0.25) is 4.79 Å². The second-order valence-corrected chi connectivity index (χ2v) is 7.74. The van der Waals surface area contributed by atoms with Crippen molar-refractivity contribution < 1.29 is 9.53 Å². The molecule has 0 N–H and O–H groups in total. The zero-order chi connectivity index (χ0) is 16.8. The topological polar surface area (TPSA) is 29.5 Å². The van der Waals surface area contributed by atoms with Crippen molar-refractivity contribution in [3.05, 3.63) is 28.2 Å². The molecule has 4 heteroatoms. The summed E-state index contributed by atoms with van der Waals surface area (Å²) in [6.07, 6.45) is 7.03. The first-order valence-corrected chi connectivity index (χ1v) is 9.48. The molecule has 2 rings (SSSR count). The molecule has 1 aliphatic rings. The molecule has 128 valence electrons. The van der Waals surface area contributed by atoms with Gasteiger partial charge in [0.2, 0.25) is 0 Å². The zero-order valence-corrected chi connectivity index (χ0v) is 16.1. The Kier molecular flexibility index (Phi) is 6.94. The second kappa shape index (κ2) is 8.72. The summed E-state index contributed by atoms with van der Waals surface area (Å²) in [6, 6.07) is 6.03. The lowest BCUT2D eigenvalue weighted by molar-refractivity contribution is 0.0696. The lowest BCUT2D eigenvalue weighted by Crippen LogP contribution is -2.38. The van der Waals surface area contributed by atoms with Crippen LogP contribution in [0, 0.1) is 5.92 Å². The van der Waals surface area contributed by atoms with E-state index in [1.54, 1.807) is 0 Å². The fourth-order valence-corrected chi connectivity index (χ4v) is 3.49. The Balaban J connectivity index is 1.99. The predicted molar refractivity (Wildman–Crippen MR) is 98.1 cm³/mol. The zero-order valence-electron chi connectivity index (χ0n) is 14.5. The maximum atomic E-state index is 12.7.